The lowest BCUT2D eigenvalue weighted by molar-refractivity contribution is -0.125. The van der Waals surface area contributed by atoms with E-state index < -0.39 is 0 Å². The van der Waals surface area contributed by atoms with Gasteiger partial charge in [0.05, 0.1) is 5.92 Å². The number of halogens is 1. The van der Waals surface area contributed by atoms with Gasteiger partial charge < -0.3 is 11.1 Å². The zero-order valence-corrected chi connectivity index (χ0v) is 11.9. The van der Waals surface area contributed by atoms with Gasteiger partial charge in [-0.1, -0.05) is 19.9 Å². The van der Waals surface area contributed by atoms with Crippen LogP contribution in [0.15, 0.2) is 18.2 Å². The summed E-state index contributed by atoms with van der Waals surface area (Å²) in [6.45, 7) is 6.76. The highest BCUT2D eigenvalue weighted by atomic mass is 19.1. The lowest BCUT2D eigenvalue weighted by Crippen LogP contribution is -2.38. The van der Waals surface area contributed by atoms with E-state index in [-0.39, 0.29) is 23.6 Å². The van der Waals surface area contributed by atoms with Crippen LogP contribution in [-0.4, -0.2) is 19.0 Å². The Balaban J connectivity index is 2.48. The number of nitrogens with one attached hydrogen (secondary N) is 1. The average Bonchev–Trinajstić information content (AvgIpc) is 2.32. The molecule has 4 heteroatoms. The summed E-state index contributed by atoms with van der Waals surface area (Å²) in [6.07, 6.45) is 0.702. The number of amides is 1. The first kappa shape index (κ1) is 15.6. The Morgan fingerprint density at radius 2 is 2.11 bits per heavy atom. The van der Waals surface area contributed by atoms with Crippen molar-refractivity contribution in [1.29, 1.82) is 0 Å². The maximum absolute atomic E-state index is 13.0. The van der Waals surface area contributed by atoms with Crippen LogP contribution in [0.1, 0.15) is 25.0 Å². The third kappa shape index (κ3) is 4.63. The first-order valence-corrected chi connectivity index (χ1v) is 6.68. The van der Waals surface area contributed by atoms with Crippen molar-refractivity contribution in [3.63, 3.8) is 0 Å². The average molecular weight is 266 g/mol. The summed E-state index contributed by atoms with van der Waals surface area (Å²) in [5, 5.41) is 2.89. The third-order valence-corrected chi connectivity index (χ3v) is 3.39. The number of hydrogen-bond donors (Lipinski definition) is 2. The van der Waals surface area contributed by atoms with E-state index in [0.29, 0.717) is 19.5 Å². The maximum Gasteiger partial charge on any atom is 0.224 e. The highest BCUT2D eigenvalue weighted by molar-refractivity contribution is 5.79. The molecule has 1 rings (SSSR count). The lowest BCUT2D eigenvalue weighted by atomic mass is 9.95. The molecule has 1 aromatic rings. The summed E-state index contributed by atoms with van der Waals surface area (Å²) in [5.74, 6) is -0.141. The molecule has 1 aromatic carbocycles. The van der Waals surface area contributed by atoms with Gasteiger partial charge in [0.1, 0.15) is 5.82 Å². The summed E-state index contributed by atoms with van der Waals surface area (Å²) in [5.41, 5.74) is 7.56. The maximum atomic E-state index is 13.0. The first-order valence-electron chi connectivity index (χ1n) is 6.68. The SMILES string of the molecule is Cc1cc(F)ccc1CCNC(=O)C(CN)C(C)C. The Morgan fingerprint density at radius 3 is 2.63 bits per heavy atom. The molecule has 3 nitrogen and oxygen atoms in total. The molecule has 0 radical (unpaired) electrons. The van der Waals surface area contributed by atoms with Crippen molar-refractivity contribution in [2.75, 3.05) is 13.1 Å². The van der Waals surface area contributed by atoms with Crippen molar-refractivity contribution in [3.8, 4) is 0 Å². The van der Waals surface area contributed by atoms with Crippen molar-refractivity contribution >= 4 is 5.91 Å². The predicted octanol–water partition coefficient (Wildman–Crippen LogP) is 2.02. The van der Waals surface area contributed by atoms with Gasteiger partial charge in [-0.3, -0.25) is 4.79 Å². The number of nitrogens with two attached hydrogens (primary N) is 1. The van der Waals surface area contributed by atoms with E-state index in [9.17, 15) is 9.18 Å². The van der Waals surface area contributed by atoms with E-state index in [0.717, 1.165) is 11.1 Å². The van der Waals surface area contributed by atoms with Crippen LogP contribution in [0.2, 0.25) is 0 Å². The summed E-state index contributed by atoms with van der Waals surface area (Å²) < 4.78 is 13.0. The van der Waals surface area contributed by atoms with Crippen LogP contribution in [0, 0.1) is 24.6 Å². The Bertz CT molecular complexity index is 432. The second-order valence-electron chi connectivity index (χ2n) is 5.20. The Labute approximate surface area is 114 Å². The van der Waals surface area contributed by atoms with E-state index in [1.54, 1.807) is 6.07 Å². The molecule has 0 fully saturated rings. The van der Waals surface area contributed by atoms with Crippen molar-refractivity contribution in [1.82, 2.24) is 5.32 Å². The fraction of sp³-hybridized carbons (Fsp3) is 0.533. The smallest absolute Gasteiger partial charge is 0.224 e. The molecule has 19 heavy (non-hydrogen) atoms. The van der Waals surface area contributed by atoms with Gasteiger partial charge in [-0.05, 0) is 42.5 Å². The van der Waals surface area contributed by atoms with Gasteiger partial charge in [-0.25, -0.2) is 4.39 Å². The van der Waals surface area contributed by atoms with Crippen molar-refractivity contribution in [2.45, 2.75) is 27.2 Å². The molecule has 0 aliphatic carbocycles. The fourth-order valence-corrected chi connectivity index (χ4v) is 2.07. The summed E-state index contributed by atoms with van der Waals surface area (Å²) in [7, 11) is 0. The molecule has 0 spiro atoms. The van der Waals surface area contributed by atoms with Gasteiger partial charge in [0.25, 0.3) is 0 Å². The lowest BCUT2D eigenvalue weighted by Gasteiger charge is -2.18. The highest BCUT2D eigenvalue weighted by Gasteiger charge is 2.19. The van der Waals surface area contributed by atoms with Crippen molar-refractivity contribution in [2.24, 2.45) is 17.6 Å². The van der Waals surface area contributed by atoms with Crippen molar-refractivity contribution < 1.29 is 9.18 Å². The first-order chi connectivity index (χ1) is 8.95. The highest BCUT2D eigenvalue weighted by Crippen LogP contribution is 2.11. The normalized spacial score (nSPS) is 12.5. The molecule has 1 amide bonds. The molecule has 0 aliphatic heterocycles. The Hall–Kier alpha value is -1.42. The zero-order chi connectivity index (χ0) is 14.4. The van der Waals surface area contributed by atoms with Gasteiger partial charge in [-0.2, -0.15) is 0 Å². The summed E-state index contributed by atoms with van der Waals surface area (Å²) in [4.78, 5) is 11.9. The quantitative estimate of drug-likeness (QED) is 0.827. The van der Waals surface area contributed by atoms with Crippen LogP contribution in [0.4, 0.5) is 4.39 Å². The molecular formula is C15H23FN2O. The molecule has 0 aromatic heterocycles. The largest absolute Gasteiger partial charge is 0.355 e. The van der Waals surface area contributed by atoms with Crippen LogP contribution >= 0.6 is 0 Å². The van der Waals surface area contributed by atoms with Gasteiger partial charge in [0.2, 0.25) is 5.91 Å². The second-order valence-corrected chi connectivity index (χ2v) is 5.20. The zero-order valence-electron chi connectivity index (χ0n) is 11.9. The van der Waals surface area contributed by atoms with Crippen LogP contribution in [0.3, 0.4) is 0 Å². The Kier molecular flexibility index (Phi) is 5.96. The molecule has 3 N–H and O–H groups in total. The van der Waals surface area contributed by atoms with Gasteiger partial charge in [0, 0.05) is 13.1 Å². The molecule has 0 saturated carbocycles. The van der Waals surface area contributed by atoms with E-state index in [1.807, 2.05) is 20.8 Å². The summed E-state index contributed by atoms with van der Waals surface area (Å²) in [6, 6.07) is 4.72. The Morgan fingerprint density at radius 1 is 1.42 bits per heavy atom. The molecule has 0 saturated heterocycles. The molecule has 1 unspecified atom stereocenters. The molecule has 0 bridgehead atoms. The van der Waals surface area contributed by atoms with E-state index in [2.05, 4.69) is 5.32 Å². The van der Waals surface area contributed by atoms with Crippen LogP contribution in [0.5, 0.6) is 0 Å². The number of aryl methyl sites for hydroxylation is 1. The predicted molar refractivity (Wildman–Crippen MR) is 75.2 cm³/mol. The van der Waals surface area contributed by atoms with Gasteiger partial charge >= 0.3 is 0 Å². The van der Waals surface area contributed by atoms with Crippen LogP contribution in [-0.2, 0) is 11.2 Å². The van der Waals surface area contributed by atoms with E-state index >= 15 is 0 Å². The van der Waals surface area contributed by atoms with Crippen LogP contribution < -0.4 is 11.1 Å². The number of carbonyl (C=O) groups excluding carboxylic acids is 1. The van der Waals surface area contributed by atoms with E-state index in [1.165, 1.54) is 12.1 Å². The minimum absolute atomic E-state index is 0.00253. The monoisotopic (exact) mass is 266 g/mol. The number of hydrogen-bond acceptors (Lipinski definition) is 2. The minimum Gasteiger partial charge on any atom is -0.355 e. The fourth-order valence-electron chi connectivity index (χ4n) is 2.07. The van der Waals surface area contributed by atoms with E-state index in [4.69, 9.17) is 5.73 Å². The number of rotatable bonds is 6. The number of benzene rings is 1. The van der Waals surface area contributed by atoms with Gasteiger partial charge in [-0.15, -0.1) is 0 Å². The number of carbonyl (C=O) groups is 1. The third-order valence-electron chi connectivity index (χ3n) is 3.39. The molecule has 0 heterocycles. The van der Waals surface area contributed by atoms with Gasteiger partial charge in [0.15, 0.2) is 0 Å². The van der Waals surface area contributed by atoms with Crippen molar-refractivity contribution in [3.05, 3.63) is 35.1 Å². The molecule has 106 valence electrons. The molecule has 0 aliphatic rings. The second kappa shape index (κ2) is 7.24. The molecular weight excluding hydrogens is 243 g/mol. The van der Waals surface area contributed by atoms with Crippen LogP contribution in [0.25, 0.3) is 0 Å². The minimum atomic E-state index is -0.228. The molecule has 1 atom stereocenters. The standard InChI is InChI=1S/C15H23FN2O/c1-10(2)14(9-17)15(19)18-7-6-12-4-5-13(16)8-11(12)3/h4-5,8,10,14H,6-7,9,17H2,1-3H3,(H,18,19). The summed E-state index contributed by atoms with van der Waals surface area (Å²) >= 11 is 0. The topological polar surface area (TPSA) is 55.1 Å².